The van der Waals surface area contributed by atoms with Gasteiger partial charge in [0, 0.05) is 30.6 Å². The molecule has 1 aliphatic carbocycles. The van der Waals surface area contributed by atoms with E-state index in [2.05, 4.69) is 20.4 Å². The summed E-state index contributed by atoms with van der Waals surface area (Å²) in [6.07, 6.45) is 11.4. The molecule has 29 heavy (non-hydrogen) atoms. The standard InChI is InChI=1S/C21H31N5O3/c1-2-22-18-12-11-17(14-23-18)20-24-21(29-26-20)16(13-19(27)25-28)10-6-9-15-7-4-3-5-8-15/h11-12,14-16,28H,2-10,13H2,1H3,(H,22,23)(H,25,27)/t16-/m1/s1. The van der Waals surface area contributed by atoms with E-state index in [1.54, 1.807) is 11.7 Å². The number of pyridine rings is 1. The average molecular weight is 402 g/mol. The van der Waals surface area contributed by atoms with E-state index in [-0.39, 0.29) is 12.3 Å². The number of nitrogens with zero attached hydrogens (tertiary/aromatic N) is 3. The minimum Gasteiger partial charge on any atom is -0.370 e. The fraction of sp³-hybridized carbons (Fsp3) is 0.619. The number of carbonyl (C=O) groups excluding carboxylic acids is 1. The lowest BCUT2D eigenvalue weighted by Crippen LogP contribution is -2.21. The van der Waals surface area contributed by atoms with Crippen LogP contribution in [0.25, 0.3) is 11.4 Å². The number of carbonyl (C=O) groups is 1. The third-order valence-corrected chi connectivity index (χ3v) is 5.62. The van der Waals surface area contributed by atoms with Gasteiger partial charge in [-0.2, -0.15) is 4.98 Å². The first-order valence-corrected chi connectivity index (χ1v) is 10.7. The van der Waals surface area contributed by atoms with Crippen LogP contribution in [0.2, 0.25) is 0 Å². The van der Waals surface area contributed by atoms with Gasteiger partial charge in [-0.05, 0) is 31.4 Å². The predicted molar refractivity (Wildman–Crippen MR) is 109 cm³/mol. The van der Waals surface area contributed by atoms with E-state index < -0.39 is 5.91 Å². The van der Waals surface area contributed by atoms with Gasteiger partial charge in [0.25, 0.3) is 0 Å². The Morgan fingerprint density at radius 2 is 2.14 bits per heavy atom. The first-order chi connectivity index (χ1) is 14.2. The molecule has 3 rings (SSSR count). The number of hydrogen-bond donors (Lipinski definition) is 3. The molecule has 3 N–H and O–H groups in total. The highest BCUT2D eigenvalue weighted by molar-refractivity contribution is 5.75. The number of rotatable bonds is 10. The van der Waals surface area contributed by atoms with Crippen LogP contribution in [0.5, 0.6) is 0 Å². The van der Waals surface area contributed by atoms with Crippen LogP contribution in [0, 0.1) is 5.92 Å². The molecule has 0 bridgehead atoms. The Hall–Kier alpha value is -2.48. The molecule has 1 atom stereocenters. The second-order valence-electron chi connectivity index (χ2n) is 7.79. The Kier molecular flexibility index (Phi) is 7.98. The van der Waals surface area contributed by atoms with Crippen molar-refractivity contribution in [1.29, 1.82) is 0 Å². The molecule has 158 valence electrons. The zero-order valence-corrected chi connectivity index (χ0v) is 17.1. The van der Waals surface area contributed by atoms with Gasteiger partial charge in [0.2, 0.25) is 17.6 Å². The lowest BCUT2D eigenvalue weighted by atomic mass is 9.84. The van der Waals surface area contributed by atoms with E-state index in [0.29, 0.717) is 11.7 Å². The molecule has 0 spiro atoms. The number of anilines is 1. The fourth-order valence-corrected chi connectivity index (χ4v) is 4.04. The molecular weight excluding hydrogens is 370 g/mol. The van der Waals surface area contributed by atoms with E-state index in [9.17, 15) is 4.79 Å². The highest BCUT2D eigenvalue weighted by Crippen LogP contribution is 2.31. The lowest BCUT2D eigenvalue weighted by Gasteiger charge is -2.22. The van der Waals surface area contributed by atoms with Gasteiger partial charge in [0.1, 0.15) is 5.82 Å². The van der Waals surface area contributed by atoms with Crippen LogP contribution in [-0.2, 0) is 4.79 Å². The zero-order valence-electron chi connectivity index (χ0n) is 17.1. The second-order valence-corrected chi connectivity index (χ2v) is 7.79. The molecule has 1 saturated carbocycles. The van der Waals surface area contributed by atoms with Gasteiger partial charge >= 0.3 is 0 Å². The van der Waals surface area contributed by atoms with E-state index >= 15 is 0 Å². The van der Waals surface area contributed by atoms with Crippen molar-refractivity contribution in [2.24, 2.45) is 5.92 Å². The topological polar surface area (TPSA) is 113 Å². The van der Waals surface area contributed by atoms with Crippen molar-refractivity contribution < 1.29 is 14.5 Å². The highest BCUT2D eigenvalue weighted by atomic mass is 16.5. The fourth-order valence-electron chi connectivity index (χ4n) is 4.04. The number of amides is 1. The molecule has 0 radical (unpaired) electrons. The maximum Gasteiger partial charge on any atom is 0.244 e. The SMILES string of the molecule is CCNc1ccc(-c2noc([C@H](CCCC3CCCCC3)CC(=O)NO)n2)cn1. The Morgan fingerprint density at radius 3 is 2.83 bits per heavy atom. The number of aromatic nitrogens is 3. The lowest BCUT2D eigenvalue weighted by molar-refractivity contribution is -0.129. The summed E-state index contributed by atoms with van der Waals surface area (Å²) in [5.41, 5.74) is 2.47. The molecule has 8 nitrogen and oxygen atoms in total. The number of nitrogens with one attached hydrogen (secondary N) is 2. The third kappa shape index (κ3) is 6.25. The quantitative estimate of drug-likeness (QED) is 0.402. The summed E-state index contributed by atoms with van der Waals surface area (Å²) in [6, 6.07) is 3.76. The van der Waals surface area contributed by atoms with Crippen LogP contribution in [0.3, 0.4) is 0 Å². The van der Waals surface area contributed by atoms with Gasteiger partial charge in [-0.25, -0.2) is 10.5 Å². The Balaban J connectivity index is 1.64. The van der Waals surface area contributed by atoms with Crippen molar-refractivity contribution >= 4 is 11.7 Å². The van der Waals surface area contributed by atoms with Gasteiger partial charge in [-0.1, -0.05) is 50.1 Å². The van der Waals surface area contributed by atoms with Crippen LogP contribution < -0.4 is 10.8 Å². The number of hydroxylamine groups is 1. The molecule has 0 saturated heterocycles. The Labute approximate surface area is 171 Å². The molecule has 1 aliphatic rings. The Bertz CT molecular complexity index is 756. The summed E-state index contributed by atoms with van der Waals surface area (Å²) in [5, 5.41) is 16.1. The summed E-state index contributed by atoms with van der Waals surface area (Å²) >= 11 is 0. The molecule has 0 unspecified atom stereocenters. The molecule has 0 aromatic carbocycles. The molecule has 2 aromatic heterocycles. The van der Waals surface area contributed by atoms with Crippen molar-refractivity contribution in [1.82, 2.24) is 20.6 Å². The first-order valence-electron chi connectivity index (χ1n) is 10.7. The van der Waals surface area contributed by atoms with Gasteiger partial charge in [-0.3, -0.25) is 10.0 Å². The van der Waals surface area contributed by atoms with Crippen LogP contribution in [0.4, 0.5) is 5.82 Å². The molecule has 1 amide bonds. The molecule has 2 heterocycles. The van der Waals surface area contributed by atoms with Crippen molar-refractivity contribution in [3.05, 3.63) is 24.2 Å². The monoisotopic (exact) mass is 401 g/mol. The van der Waals surface area contributed by atoms with Crippen LogP contribution in [0.15, 0.2) is 22.9 Å². The summed E-state index contributed by atoms with van der Waals surface area (Å²) in [4.78, 5) is 20.6. The summed E-state index contributed by atoms with van der Waals surface area (Å²) in [7, 11) is 0. The van der Waals surface area contributed by atoms with E-state index in [0.717, 1.165) is 43.1 Å². The smallest absolute Gasteiger partial charge is 0.244 e. The van der Waals surface area contributed by atoms with Crippen molar-refractivity contribution in [3.63, 3.8) is 0 Å². The third-order valence-electron chi connectivity index (χ3n) is 5.62. The van der Waals surface area contributed by atoms with E-state index in [1.165, 1.54) is 32.1 Å². The van der Waals surface area contributed by atoms with Crippen LogP contribution in [0.1, 0.15) is 76.5 Å². The molecule has 1 fully saturated rings. The van der Waals surface area contributed by atoms with Crippen molar-refractivity contribution in [3.8, 4) is 11.4 Å². The second kappa shape index (κ2) is 10.9. The minimum absolute atomic E-state index is 0.125. The van der Waals surface area contributed by atoms with Crippen LogP contribution in [-0.4, -0.2) is 32.8 Å². The van der Waals surface area contributed by atoms with E-state index in [1.807, 2.05) is 19.1 Å². The Morgan fingerprint density at radius 1 is 1.31 bits per heavy atom. The maximum atomic E-state index is 11.8. The molecule has 8 heteroatoms. The predicted octanol–water partition coefficient (Wildman–Crippen LogP) is 4.29. The van der Waals surface area contributed by atoms with Gasteiger partial charge < -0.3 is 9.84 Å². The summed E-state index contributed by atoms with van der Waals surface area (Å²) in [5.74, 6) is 1.82. The summed E-state index contributed by atoms with van der Waals surface area (Å²) < 4.78 is 5.48. The molecule has 0 aliphatic heterocycles. The zero-order chi connectivity index (χ0) is 20.5. The van der Waals surface area contributed by atoms with Crippen molar-refractivity contribution in [2.75, 3.05) is 11.9 Å². The van der Waals surface area contributed by atoms with E-state index in [4.69, 9.17) is 9.73 Å². The van der Waals surface area contributed by atoms with Crippen molar-refractivity contribution in [2.45, 2.75) is 70.6 Å². The van der Waals surface area contributed by atoms with Gasteiger partial charge in [0.15, 0.2) is 0 Å². The summed E-state index contributed by atoms with van der Waals surface area (Å²) in [6.45, 7) is 2.81. The molecular formula is C21H31N5O3. The normalized spacial score (nSPS) is 15.8. The minimum atomic E-state index is -0.441. The van der Waals surface area contributed by atoms with Gasteiger partial charge in [0.05, 0.1) is 0 Å². The maximum absolute atomic E-state index is 11.8. The van der Waals surface area contributed by atoms with Gasteiger partial charge in [-0.15, -0.1) is 0 Å². The number of hydrogen-bond acceptors (Lipinski definition) is 7. The average Bonchev–Trinajstić information content (AvgIpc) is 3.24. The molecule has 2 aromatic rings. The first kappa shape index (κ1) is 21.2. The largest absolute Gasteiger partial charge is 0.370 e. The van der Waals surface area contributed by atoms with Crippen LogP contribution >= 0.6 is 0 Å². The highest BCUT2D eigenvalue weighted by Gasteiger charge is 2.23.